The van der Waals surface area contributed by atoms with Crippen molar-refractivity contribution in [3.8, 4) is 11.5 Å². The zero-order chi connectivity index (χ0) is 26.6. The number of aliphatic hydroxyl groups excluding tert-OH is 1. The fourth-order valence-electron chi connectivity index (χ4n) is 4.89. The Hall–Kier alpha value is -5.12. The Balaban J connectivity index is 1.53. The molecule has 0 radical (unpaired) electrons. The molecule has 3 aromatic carbocycles. The highest BCUT2D eigenvalue weighted by molar-refractivity contribution is 6.51. The second-order valence-corrected chi connectivity index (χ2v) is 8.96. The number of anilines is 1. The van der Waals surface area contributed by atoms with Crippen LogP contribution in [0.1, 0.15) is 33.1 Å². The van der Waals surface area contributed by atoms with Crippen LogP contribution in [0.2, 0.25) is 0 Å². The molecule has 0 spiro atoms. The first kappa shape index (κ1) is 23.3. The second-order valence-electron chi connectivity index (χ2n) is 8.96. The molecule has 0 aliphatic carbocycles. The van der Waals surface area contributed by atoms with E-state index in [-0.39, 0.29) is 22.8 Å². The highest BCUT2D eigenvalue weighted by atomic mass is 16.5. The Morgan fingerprint density at radius 2 is 1.82 bits per heavy atom. The van der Waals surface area contributed by atoms with Gasteiger partial charge in [0, 0.05) is 12.0 Å². The summed E-state index contributed by atoms with van der Waals surface area (Å²) in [6, 6.07) is 15.2. The number of carboxylic acid groups (broad SMARTS) is 1. The summed E-state index contributed by atoms with van der Waals surface area (Å²) in [5.74, 6) is -1.83. The lowest BCUT2D eigenvalue weighted by Gasteiger charge is -2.23. The number of hydrogen-bond acceptors (Lipinski definition) is 7. The van der Waals surface area contributed by atoms with Crippen molar-refractivity contribution < 1.29 is 34.1 Å². The van der Waals surface area contributed by atoms with Gasteiger partial charge in [-0.05, 0) is 59.7 Å². The van der Waals surface area contributed by atoms with Crippen LogP contribution in [0.15, 0.2) is 66.2 Å². The fourth-order valence-corrected chi connectivity index (χ4v) is 4.89. The summed E-state index contributed by atoms with van der Waals surface area (Å²) in [6.07, 6.45) is 0.671. The number of ketones is 1. The van der Waals surface area contributed by atoms with Crippen molar-refractivity contribution in [3.63, 3.8) is 0 Å². The maximum absolute atomic E-state index is 13.4. The van der Waals surface area contributed by atoms with Gasteiger partial charge in [0.1, 0.15) is 17.3 Å². The number of aromatic nitrogens is 2. The third-order valence-electron chi connectivity index (χ3n) is 6.78. The van der Waals surface area contributed by atoms with Gasteiger partial charge in [0.15, 0.2) is 0 Å². The minimum Gasteiger partial charge on any atom is -0.507 e. The SMILES string of the molecule is COc1ccc(C2/C(=C(\O)c3ccc4c(c3)CCO4)C(=O)C(=O)N2c2nc3ccc(C(=O)O)cc3[nH]2)cc1. The third kappa shape index (κ3) is 3.65. The van der Waals surface area contributed by atoms with Gasteiger partial charge < -0.3 is 24.7 Å². The lowest BCUT2D eigenvalue weighted by molar-refractivity contribution is -0.132. The van der Waals surface area contributed by atoms with Crippen molar-refractivity contribution in [1.82, 2.24) is 9.97 Å². The first-order valence-electron chi connectivity index (χ1n) is 11.8. The van der Waals surface area contributed by atoms with Gasteiger partial charge in [-0.3, -0.25) is 14.5 Å². The summed E-state index contributed by atoms with van der Waals surface area (Å²) >= 11 is 0. The molecule has 10 nitrogen and oxygen atoms in total. The number of carbonyl (C=O) groups excluding carboxylic acids is 2. The lowest BCUT2D eigenvalue weighted by atomic mass is 9.94. The largest absolute Gasteiger partial charge is 0.507 e. The molecule has 1 amide bonds. The predicted molar refractivity (Wildman–Crippen MR) is 136 cm³/mol. The van der Waals surface area contributed by atoms with Crippen molar-refractivity contribution in [1.29, 1.82) is 0 Å². The molecule has 4 aromatic rings. The van der Waals surface area contributed by atoms with E-state index < -0.39 is 23.7 Å². The highest BCUT2D eigenvalue weighted by Crippen LogP contribution is 2.42. The minimum absolute atomic E-state index is 0.0436. The van der Waals surface area contributed by atoms with Crippen molar-refractivity contribution >= 4 is 40.4 Å². The minimum atomic E-state index is -1.11. The number of aliphatic hydroxyl groups is 1. The number of aromatic amines is 1. The second kappa shape index (κ2) is 8.77. The summed E-state index contributed by atoms with van der Waals surface area (Å²) in [5, 5.41) is 20.7. The van der Waals surface area contributed by atoms with Crippen LogP contribution in [0.25, 0.3) is 16.8 Å². The summed E-state index contributed by atoms with van der Waals surface area (Å²) in [6.45, 7) is 0.533. The summed E-state index contributed by atoms with van der Waals surface area (Å²) < 4.78 is 10.8. The van der Waals surface area contributed by atoms with E-state index in [2.05, 4.69) is 9.97 Å². The molecule has 1 unspecified atom stereocenters. The van der Waals surface area contributed by atoms with Crippen molar-refractivity contribution in [2.24, 2.45) is 0 Å². The molecule has 1 aromatic heterocycles. The summed E-state index contributed by atoms with van der Waals surface area (Å²) in [5.41, 5.74) is 2.58. The Kier molecular flexibility index (Phi) is 5.37. The smallest absolute Gasteiger partial charge is 0.335 e. The molecule has 3 N–H and O–H groups in total. The maximum Gasteiger partial charge on any atom is 0.335 e. The monoisotopic (exact) mass is 511 g/mol. The van der Waals surface area contributed by atoms with Crippen molar-refractivity contribution in [2.75, 3.05) is 18.6 Å². The Morgan fingerprint density at radius 1 is 1.05 bits per heavy atom. The van der Waals surface area contributed by atoms with Gasteiger partial charge in [-0.15, -0.1) is 0 Å². The van der Waals surface area contributed by atoms with E-state index >= 15 is 0 Å². The number of rotatable bonds is 5. The van der Waals surface area contributed by atoms with Gasteiger partial charge in [0.25, 0.3) is 5.78 Å². The number of Topliss-reactive ketones (excluding diaryl/α,β-unsaturated/α-hetero) is 1. The molecule has 0 bridgehead atoms. The summed E-state index contributed by atoms with van der Waals surface area (Å²) in [4.78, 5) is 46.9. The number of aromatic carboxylic acids is 1. The number of nitrogens with zero attached hydrogens (tertiary/aromatic N) is 2. The van der Waals surface area contributed by atoms with E-state index in [1.807, 2.05) is 0 Å². The standard InChI is InChI=1S/C28H21N3O7/c1-37-18-6-2-14(3-7-18)23-22(24(32)16-5-9-21-15(12-16)10-11-38-21)25(33)26(34)31(23)28-29-19-8-4-17(27(35)36)13-20(19)30-28/h2-9,12-13,23,32H,10-11H2,1H3,(H,29,30)(H,35,36)/b24-22+. The number of benzene rings is 3. The number of nitrogens with one attached hydrogen (secondary N) is 1. The molecular weight excluding hydrogens is 490 g/mol. The first-order valence-corrected chi connectivity index (χ1v) is 11.8. The molecule has 1 saturated heterocycles. The Bertz CT molecular complexity index is 1670. The molecule has 2 aliphatic heterocycles. The number of H-pyrrole nitrogens is 1. The maximum atomic E-state index is 13.4. The number of imidazole rings is 1. The topological polar surface area (TPSA) is 142 Å². The van der Waals surface area contributed by atoms with Gasteiger partial charge in [0.2, 0.25) is 5.95 Å². The molecule has 2 aliphatic rings. The van der Waals surface area contributed by atoms with Crippen LogP contribution in [-0.2, 0) is 16.0 Å². The first-order chi connectivity index (χ1) is 18.4. The Labute approximate surface area is 215 Å². The van der Waals surface area contributed by atoms with E-state index in [1.165, 1.54) is 30.2 Å². The summed E-state index contributed by atoms with van der Waals surface area (Å²) in [7, 11) is 1.53. The van der Waals surface area contributed by atoms with Gasteiger partial charge in [-0.1, -0.05) is 12.1 Å². The Morgan fingerprint density at radius 3 is 2.55 bits per heavy atom. The molecule has 3 heterocycles. The van der Waals surface area contributed by atoms with Gasteiger partial charge in [0.05, 0.1) is 41.9 Å². The lowest BCUT2D eigenvalue weighted by Crippen LogP contribution is -2.30. The van der Waals surface area contributed by atoms with Crippen LogP contribution in [0, 0.1) is 0 Å². The molecule has 10 heteroatoms. The average molecular weight is 511 g/mol. The van der Waals surface area contributed by atoms with Crippen LogP contribution in [0.4, 0.5) is 5.95 Å². The molecule has 1 atom stereocenters. The van der Waals surface area contributed by atoms with Crippen molar-refractivity contribution in [2.45, 2.75) is 12.5 Å². The van der Waals surface area contributed by atoms with E-state index in [4.69, 9.17) is 9.47 Å². The quantitative estimate of drug-likeness (QED) is 0.209. The van der Waals surface area contributed by atoms with Gasteiger partial charge in [-0.25, -0.2) is 9.78 Å². The molecule has 1 fully saturated rings. The average Bonchev–Trinajstić information content (AvgIpc) is 3.63. The van der Waals surface area contributed by atoms with Gasteiger partial charge >= 0.3 is 11.9 Å². The number of hydrogen-bond donors (Lipinski definition) is 3. The molecule has 6 rings (SSSR count). The van der Waals surface area contributed by atoms with Crippen molar-refractivity contribution in [3.05, 3.63) is 88.5 Å². The van der Waals surface area contributed by atoms with Crippen LogP contribution < -0.4 is 14.4 Å². The molecule has 38 heavy (non-hydrogen) atoms. The number of ether oxygens (including phenoxy) is 2. The number of methoxy groups -OCH3 is 1. The molecule has 0 saturated carbocycles. The van der Waals surface area contributed by atoms with E-state index in [1.54, 1.807) is 42.5 Å². The number of carboxylic acids is 1. The number of fused-ring (bicyclic) bond motifs is 2. The van der Waals surface area contributed by atoms with E-state index in [0.29, 0.717) is 40.9 Å². The van der Waals surface area contributed by atoms with Crippen LogP contribution in [0.3, 0.4) is 0 Å². The van der Waals surface area contributed by atoms with Crippen LogP contribution >= 0.6 is 0 Å². The highest BCUT2D eigenvalue weighted by Gasteiger charge is 2.48. The number of carbonyl (C=O) groups is 3. The normalized spacial score (nSPS) is 18.0. The third-order valence-corrected chi connectivity index (χ3v) is 6.78. The molecule has 190 valence electrons. The van der Waals surface area contributed by atoms with Crippen LogP contribution in [-0.4, -0.2) is 51.6 Å². The zero-order valence-corrected chi connectivity index (χ0v) is 20.1. The van der Waals surface area contributed by atoms with E-state index in [0.717, 1.165) is 11.3 Å². The fraction of sp³-hybridized carbons (Fsp3) is 0.143. The van der Waals surface area contributed by atoms with Gasteiger partial charge in [-0.2, -0.15) is 0 Å². The van der Waals surface area contributed by atoms with Crippen LogP contribution in [0.5, 0.6) is 11.5 Å². The van der Waals surface area contributed by atoms with E-state index in [9.17, 15) is 24.6 Å². The zero-order valence-electron chi connectivity index (χ0n) is 20.1. The predicted octanol–water partition coefficient (Wildman–Crippen LogP) is 3.83. The number of amides is 1. The molecular formula is C28H21N3O7.